The standard InChI is InChI=1S/C74H52F2N2.C32H18Br2.C21H18FN/c1-73(2)56-27-9-7-23-52(56)69-58(73)29-17-35-64(69)77(62-33-13-11-31-60(62)75)48-41-37-46(38-42-48)67-50-21-5-6-22-51(50)68(72-55-26-16-20-45-19-15-25-54(66(45)55)71(67)72)47-39-43-49(44-40-47)78(63-34-14-12-32-61(63)76)65-36-18-30-59-70(65)53-24-8-10-28-57(53)74(59,3)4;33-22-15-11-20(12-16-22)29-24-7-1-2-8-25(24)30(21-13-17-23(34)18-14-21)32-27-10-4-6-19-5-3-9-26(28(19)27)31(29)32;1-21(2)15-9-4-3-8-14(15)20-16(21)10-7-13-19(20)23-18-12-6-5-11-17(18)22/h5-44H,1-4H3;1-18H;3-13,23H,1-2H3. The van der Waals surface area contributed by atoms with Gasteiger partial charge in [0.1, 0.15) is 17.5 Å². The lowest BCUT2D eigenvalue weighted by Crippen LogP contribution is -2.16. The van der Waals surface area contributed by atoms with Crippen molar-refractivity contribution in [3.63, 3.8) is 0 Å². The van der Waals surface area contributed by atoms with Gasteiger partial charge in [-0.05, 0) is 285 Å². The Morgan fingerprint density at radius 3 is 0.822 bits per heavy atom. The molecular formula is C127H88Br2F3N3. The van der Waals surface area contributed by atoms with Crippen molar-refractivity contribution >= 4 is 120 Å². The lowest BCUT2D eigenvalue weighted by Gasteiger charge is -2.29. The molecule has 135 heavy (non-hydrogen) atoms. The molecule has 0 unspecified atom stereocenters. The van der Waals surface area contributed by atoms with Crippen molar-refractivity contribution in [1.29, 1.82) is 0 Å². The van der Waals surface area contributed by atoms with E-state index >= 15 is 8.78 Å². The summed E-state index contributed by atoms with van der Waals surface area (Å²) in [5.41, 5.74) is 39.7. The van der Waals surface area contributed by atoms with Crippen molar-refractivity contribution in [2.24, 2.45) is 0 Å². The summed E-state index contributed by atoms with van der Waals surface area (Å²) < 4.78 is 49.0. The zero-order chi connectivity index (χ0) is 91.4. The molecule has 8 heteroatoms. The van der Waals surface area contributed by atoms with Gasteiger partial charge in [-0.2, -0.15) is 0 Å². The molecule has 0 heterocycles. The number of halogens is 5. The van der Waals surface area contributed by atoms with Crippen molar-refractivity contribution in [2.75, 3.05) is 15.1 Å². The van der Waals surface area contributed by atoms with Gasteiger partial charge < -0.3 is 15.1 Å². The molecule has 0 atom stereocenters. The molecule has 21 aromatic rings. The molecular weight excluding hydrogens is 1780 g/mol. The van der Waals surface area contributed by atoms with Crippen LogP contribution >= 0.6 is 31.9 Å². The van der Waals surface area contributed by atoms with Gasteiger partial charge in [-0.3, -0.25) is 0 Å². The van der Waals surface area contributed by atoms with E-state index in [2.05, 4.69) is 422 Å². The van der Waals surface area contributed by atoms with Crippen LogP contribution in [0.3, 0.4) is 0 Å². The van der Waals surface area contributed by atoms with E-state index < -0.39 is 0 Å². The third-order valence-corrected chi connectivity index (χ3v) is 30.1. The first-order chi connectivity index (χ1) is 65.9. The summed E-state index contributed by atoms with van der Waals surface area (Å²) in [4.78, 5) is 4.19. The molecule has 0 amide bonds. The predicted molar refractivity (Wildman–Crippen MR) is 567 cm³/mol. The van der Waals surface area contributed by atoms with Gasteiger partial charge in [0.15, 0.2) is 0 Å². The second-order valence-corrected chi connectivity index (χ2v) is 39.3. The van der Waals surface area contributed by atoms with Crippen LogP contribution in [0.15, 0.2) is 428 Å². The fraction of sp³-hybridized carbons (Fsp3) is 0.0709. The molecule has 0 spiro atoms. The molecule has 3 nitrogen and oxygen atoms in total. The van der Waals surface area contributed by atoms with Crippen molar-refractivity contribution < 1.29 is 13.2 Å². The Morgan fingerprint density at radius 1 is 0.207 bits per heavy atom. The largest absolute Gasteiger partial charge is 0.353 e. The van der Waals surface area contributed by atoms with Crippen LogP contribution in [0.5, 0.6) is 0 Å². The molecule has 646 valence electrons. The number of benzene rings is 21. The number of anilines is 8. The molecule has 0 bridgehead atoms. The number of nitrogens with one attached hydrogen (secondary N) is 1. The minimum absolute atomic E-state index is 0.0428. The Morgan fingerprint density at radius 2 is 0.467 bits per heavy atom. The molecule has 0 saturated carbocycles. The zero-order valence-electron chi connectivity index (χ0n) is 75.1. The number of hydrogen-bond acceptors (Lipinski definition) is 3. The van der Waals surface area contributed by atoms with Crippen LogP contribution in [0.1, 0.15) is 74.9 Å². The molecule has 0 fully saturated rings. The van der Waals surface area contributed by atoms with E-state index in [0.29, 0.717) is 17.1 Å². The highest BCUT2D eigenvalue weighted by atomic mass is 79.9. The molecule has 21 aromatic carbocycles. The molecule has 1 N–H and O–H groups in total. The van der Waals surface area contributed by atoms with E-state index in [4.69, 9.17) is 0 Å². The maximum absolute atomic E-state index is 16.4. The highest BCUT2D eigenvalue weighted by Crippen LogP contribution is 2.63. The summed E-state index contributed by atoms with van der Waals surface area (Å²) in [5, 5.41) is 13.2. The van der Waals surface area contributed by atoms with Crippen LogP contribution in [0.4, 0.5) is 58.7 Å². The fourth-order valence-corrected chi connectivity index (χ4v) is 23.5. The van der Waals surface area contributed by atoms with E-state index in [1.54, 1.807) is 36.4 Å². The van der Waals surface area contributed by atoms with E-state index in [1.165, 1.54) is 161 Å². The minimum atomic E-state index is -0.290. The summed E-state index contributed by atoms with van der Waals surface area (Å²) in [6.07, 6.45) is 0. The Bertz CT molecular complexity index is 8070. The Hall–Kier alpha value is -15.2. The first-order valence-corrected chi connectivity index (χ1v) is 47.7. The van der Waals surface area contributed by atoms with Gasteiger partial charge in [0.25, 0.3) is 0 Å². The average Bonchev–Trinajstić information content (AvgIpc) is 1.54. The molecule has 5 aliphatic rings. The fourth-order valence-electron chi connectivity index (χ4n) is 22.9. The number of fused-ring (bicyclic) bond motifs is 17. The first-order valence-electron chi connectivity index (χ1n) is 46.1. The topological polar surface area (TPSA) is 18.5 Å². The van der Waals surface area contributed by atoms with Gasteiger partial charge in [0.2, 0.25) is 0 Å². The van der Waals surface area contributed by atoms with E-state index in [-0.39, 0.29) is 33.7 Å². The van der Waals surface area contributed by atoms with Gasteiger partial charge in [-0.25, -0.2) is 13.2 Å². The summed E-state index contributed by atoms with van der Waals surface area (Å²) in [6, 6.07) is 145. The predicted octanol–water partition coefficient (Wildman–Crippen LogP) is 37.2. The van der Waals surface area contributed by atoms with Crippen LogP contribution in [0.25, 0.3) is 165 Å². The van der Waals surface area contributed by atoms with Crippen molar-refractivity contribution in [1.82, 2.24) is 0 Å². The highest BCUT2D eigenvalue weighted by Gasteiger charge is 2.42. The lowest BCUT2D eigenvalue weighted by molar-refractivity contribution is 0.628. The molecule has 0 aromatic heterocycles. The maximum atomic E-state index is 16.4. The van der Waals surface area contributed by atoms with E-state index in [9.17, 15) is 4.39 Å². The number of nitrogens with zero attached hydrogens (tertiary/aromatic N) is 2. The van der Waals surface area contributed by atoms with Crippen LogP contribution in [0.2, 0.25) is 0 Å². The first kappa shape index (κ1) is 82.9. The van der Waals surface area contributed by atoms with Gasteiger partial charge in [-0.1, -0.05) is 389 Å². The molecule has 26 rings (SSSR count). The van der Waals surface area contributed by atoms with Gasteiger partial charge in [-0.15, -0.1) is 0 Å². The van der Waals surface area contributed by atoms with Crippen LogP contribution in [-0.2, 0) is 16.2 Å². The smallest absolute Gasteiger partial charge is 0.147 e. The SMILES string of the molecule is Brc1ccc(-c2c3c(c(-c4ccc(Br)cc4)c4ccccc24)-c2cccc4cccc-3c24)cc1.CC1(C)c2ccccc2-c2c(N(c3ccc(-c4c5c(c(-c6ccc(N(c7ccccc7F)c7cccc8c7-c7ccccc7C8(C)C)cc6)c6ccccc46)-c4cccc6cccc-5c46)cc3)c3ccccc3F)cccc21.CC1(C)c2ccccc2-c2c(Nc3ccccc3F)cccc21. The van der Waals surface area contributed by atoms with Crippen molar-refractivity contribution in [2.45, 2.75) is 57.8 Å². The number of rotatable bonds is 12. The van der Waals surface area contributed by atoms with E-state index in [0.717, 1.165) is 81.5 Å². The monoisotopic (exact) mass is 1870 g/mol. The third kappa shape index (κ3) is 13.2. The summed E-state index contributed by atoms with van der Waals surface area (Å²) >= 11 is 7.24. The van der Waals surface area contributed by atoms with Crippen LogP contribution in [-0.4, -0.2) is 0 Å². The van der Waals surface area contributed by atoms with Gasteiger partial charge in [0, 0.05) is 58.9 Å². The van der Waals surface area contributed by atoms with Crippen molar-refractivity contribution in [3.8, 4) is 122 Å². The molecule has 0 saturated heterocycles. The van der Waals surface area contributed by atoms with Gasteiger partial charge >= 0.3 is 0 Å². The molecule has 5 aliphatic carbocycles. The maximum Gasteiger partial charge on any atom is 0.147 e. The number of hydrogen-bond donors (Lipinski definition) is 1. The Labute approximate surface area is 801 Å². The van der Waals surface area contributed by atoms with Gasteiger partial charge in [0.05, 0.1) is 28.4 Å². The van der Waals surface area contributed by atoms with Crippen LogP contribution in [0, 0.1) is 17.5 Å². The third-order valence-electron chi connectivity index (χ3n) is 29.0. The Kier molecular flexibility index (Phi) is 19.9. The quantitative estimate of drug-likeness (QED) is 0.132. The minimum Gasteiger partial charge on any atom is -0.353 e. The summed E-state index contributed by atoms with van der Waals surface area (Å²) in [6.45, 7) is 13.6. The van der Waals surface area contributed by atoms with E-state index in [1.807, 2.05) is 42.5 Å². The highest BCUT2D eigenvalue weighted by molar-refractivity contribution is 9.10. The molecule has 0 radical (unpaired) electrons. The summed E-state index contributed by atoms with van der Waals surface area (Å²) in [7, 11) is 0. The van der Waals surface area contributed by atoms with Crippen LogP contribution < -0.4 is 15.1 Å². The summed E-state index contributed by atoms with van der Waals surface area (Å²) in [5.74, 6) is -0.821. The number of para-hydroxylation sites is 3. The average molecular weight is 1870 g/mol. The lowest BCUT2D eigenvalue weighted by atomic mass is 9.82. The second kappa shape index (κ2) is 32.3. The Balaban J connectivity index is 0.000000142. The normalized spacial score (nSPS) is 13.3. The zero-order valence-corrected chi connectivity index (χ0v) is 78.3. The van der Waals surface area contributed by atoms with Crippen molar-refractivity contribution in [3.05, 3.63) is 478 Å². The molecule has 0 aliphatic heterocycles. The second-order valence-electron chi connectivity index (χ2n) is 37.4.